The summed E-state index contributed by atoms with van der Waals surface area (Å²) >= 11 is 1.50. The van der Waals surface area contributed by atoms with Crippen molar-refractivity contribution in [1.82, 2.24) is 0 Å². The first-order valence-corrected chi connectivity index (χ1v) is 6.36. The monoisotopic (exact) mass is 230 g/mol. The molecule has 16 heavy (non-hydrogen) atoms. The Balaban J connectivity index is 2.27. The number of hydrogen-bond donors (Lipinski definition) is 0. The second kappa shape index (κ2) is 5.08. The quantitative estimate of drug-likeness (QED) is 0.727. The van der Waals surface area contributed by atoms with Crippen LogP contribution in [0.25, 0.3) is 0 Å². The van der Waals surface area contributed by atoms with Crippen LogP contribution in [0.1, 0.15) is 34.1 Å². The average Bonchev–Trinajstić information content (AvgIpc) is 2.82. The number of ketones is 1. The van der Waals surface area contributed by atoms with Crippen molar-refractivity contribution < 1.29 is 4.79 Å². The maximum Gasteiger partial charge on any atom is 0.202 e. The summed E-state index contributed by atoms with van der Waals surface area (Å²) in [6.07, 6.45) is 2.14. The maximum absolute atomic E-state index is 12.1. The number of rotatable bonds is 4. The van der Waals surface area contributed by atoms with E-state index in [1.54, 1.807) is 0 Å². The third kappa shape index (κ3) is 2.39. The van der Waals surface area contributed by atoms with Crippen molar-refractivity contribution in [3.8, 4) is 0 Å². The second-order valence-electron chi connectivity index (χ2n) is 3.76. The molecule has 0 radical (unpaired) electrons. The number of hydrogen-bond acceptors (Lipinski definition) is 2. The SMILES string of the molecule is CCCc1cccc(C(=O)c2cccs2)c1. The number of benzene rings is 1. The first-order valence-electron chi connectivity index (χ1n) is 5.48. The molecule has 1 aromatic heterocycles. The topological polar surface area (TPSA) is 17.1 Å². The highest BCUT2D eigenvalue weighted by Gasteiger charge is 2.09. The maximum atomic E-state index is 12.1. The lowest BCUT2D eigenvalue weighted by Crippen LogP contribution is -1.99. The Bertz CT molecular complexity index is 471. The first-order chi connectivity index (χ1) is 7.81. The van der Waals surface area contributed by atoms with Gasteiger partial charge in [0.2, 0.25) is 5.78 Å². The van der Waals surface area contributed by atoms with Crippen LogP contribution in [0.5, 0.6) is 0 Å². The van der Waals surface area contributed by atoms with E-state index in [0.717, 1.165) is 23.3 Å². The molecule has 0 aliphatic carbocycles. The Kier molecular flexibility index (Phi) is 3.52. The predicted octanol–water partition coefficient (Wildman–Crippen LogP) is 3.93. The molecule has 0 unspecified atom stereocenters. The van der Waals surface area contributed by atoms with Gasteiger partial charge >= 0.3 is 0 Å². The molecule has 2 aromatic rings. The Morgan fingerprint density at radius 3 is 2.81 bits per heavy atom. The van der Waals surface area contributed by atoms with Crippen LogP contribution < -0.4 is 0 Å². The lowest BCUT2D eigenvalue weighted by molar-refractivity contribution is 0.104. The van der Waals surface area contributed by atoms with Crippen LogP contribution >= 0.6 is 11.3 Å². The third-order valence-electron chi connectivity index (χ3n) is 2.47. The fourth-order valence-electron chi connectivity index (χ4n) is 1.71. The van der Waals surface area contributed by atoms with Crippen molar-refractivity contribution in [3.63, 3.8) is 0 Å². The number of thiophene rings is 1. The van der Waals surface area contributed by atoms with E-state index in [1.807, 2.05) is 35.7 Å². The molecule has 0 bridgehead atoms. The van der Waals surface area contributed by atoms with E-state index in [2.05, 4.69) is 13.0 Å². The van der Waals surface area contributed by atoms with Gasteiger partial charge in [-0.1, -0.05) is 37.6 Å². The average molecular weight is 230 g/mol. The highest BCUT2D eigenvalue weighted by atomic mass is 32.1. The molecule has 0 atom stereocenters. The smallest absolute Gasteiger partial charge is 0.202 e. The Morgan fingerprint density at radius 2 is 2.12 bits per heavy atom. The molecule has 2 rings (SSSR count). The molecule has 82 valence electrons. The highest BCUT2D eigenvalue weighted by molar-refractivity contribution is 7.12. The van der Waals surface area contributed by atoms with E-state index >= 15 is 0 Å². The van der Waals surface area contributed by atoms with Gasteiger partial charge < -0.3 is 0 Å². The van der Waals surface area contributed by atoms with Crippen LogP contribution in [0, 0.1) is 0 Å². The summed E-state index contributed by atoms with van der Waals surface area (Å²) in [5.41, 5.74) is 2.04. The van der Waals surface area contributed by atoms with Crippen LogP contribution in [0.3, 0.4) is 0 Å². The summed E-state index contributed by atoms with van der Waals surface area (Å²) in [6.45, 7) is 2.15. The van der Waals surface area contributed by atoms with Crippen LogP contribution in [0.2, 0.25) is 0 Å². The lowest BCUT2D eigenvalue weighted by Gasteiger charge is -2.02. The Hall–Kier alpha value is -1.41. The van der Waals surface area contributed by atoms with E-state index in [4.69, 9.17) is 0 Å². The van der Waals surface area contributed by atoms with Gasteiger partial charge in [-0.2, -0.15) is 0 Å². The molecule has 1 aromatic carbocycles. The van der Waals surface area contributed by atoms with Gasteiger partial charge in [0.05, 0.1) is 4.88 Å². The van der Waals surface area contributed by atoms with E-state index in [-0.39, 0.29) is 5.78 Å². The van der Waals surface area contributed by atoms with Gasteiger partial charge in [-0.25, -0.2) is 0 Å². The molecule has 1 heterocycles. The molecule has 0 N–H and O–H groups in total. The van der Waals surface area contributed by atoms with Crippen LogP contribution in [-0.2, 0) is 6.42 Å². The van der Waals surface area contributed by atoms with E-state index in [9.17, 15) is 4.79 Å². The molecule has 0 aliphatic heterocycles. The van der Waals surface area contributed by atoms with Gasteiger partial charge in [0.15, 0.2) is 0 Å². The number of carbonyl (C=O) groups is 1. The zero-order valence-electron chi connectivity index (χ0n) is 9.27. The minimum Gasteiger partial charge on any atom is -0.288 e. The second-order valence-corrected chi connectivity index (χ2v) is 4.70. The van der Waals surface area contributed by atoms with Crippen molar-refractivity contribution in [1.29, 1.82) is 0 Å². The Morgan fingerprint density at radius 1 is 1.25 bits per heavy atom. The first kappa shape index (κ1) is 11.1. The minimum absolute atomic E-state index is 0.132. The summed E-state index contributed by atoms with van der Waals surface area (Å²) in [5.74, 6) is 0.132. The molecular weight excluding hydrogens is 216 g/mol. The number of carbonyl (C=O) groups excluding carboxylic acids is 1. The van der Waals surface area contributed by atoms with Gasteiger partial charge in [-0.3, -0.25) is 4.79 Å². The summed E-state index contributed by atoms with van der Waals surface area (Å²) in [6, 6.07) is 11.7. The van der Waals surface area contributed by atoms with Gasteiger partial charge in [0, 0.05) is 5.56 Å². The summed E-state index contributed by atoms with van der Waals surface area (Å²) in [7, 11) is 0. The van der Waals surface area contributed by atoms with Gasteiger partial charge in [-0.15, -0.1) is 11.3 Å². The highest BCUT2D eigenvalue weighted by Crippen LogP contribution is 2.16. The van der Waals surface area contributed by atoms with Crippen molar-refractivity contribution in [2.24, 2.45) is 0 Å². The summed E-state index contributed by atoms with van der Waals surface area (Å²) < 4.78 is 0. The molecule has 2 heteroatoms. The van der Waals surface area contributed by atoms with E-state index in [0.29, 0.717) is 0 Å². The molecule has 1 nitrogen and oxygen atoms in total. The van der Waals surface area contributed by atoms with Gasteiger partial charge in [0.1, 0.15) is 0 Å². The van der Waals surface area contributed by atoms with Crippen molar-refractivity contribution >= 4 is 17.1 Å². The van der Waals surface area contributed by atoms with Gasteiger partial charge in [-0.05, 0) is 29.5 Å². The fourth-order valence-corrected chi connectivity index (χ4v) is 2.39. The predicted molar refractivity (Wildman–Crippen MR) is 68.2 cm³/mol. The zero-order chi connectivity index (χ0) is 11.4. The van der Waals surface area contributed by atoms with Crippen molar-refractivity contribution in [2.75, 3.05) is 0 Å². The van der Waals surface area contributed by atoms with E-state index < -0.39 is 0 Å². The standard InChI is InChI=1S/C14H14OS/c1-2-5-11-6-3-7-12(10-11)14(15)13-8-4-9-16-13/h3-4,6-10H,2,5H2,1H3. The largest absolute Gasteiger partial charge is 0.288 e. The normalized spacial score (nSPS) is 10.3. The van der Waals surface area contributed by atoms with E-state index in [1.165, 1.54) is 16.9 Å². The minimum atomic E-state index is 0.132. The molecule has 0 saturated heterocycles. The molecular formula is C14H14OS. The molecule has 0 fully saturated rings. The molecule has 0 saturated carbocycles. The number of aryl methyl sites for hydroxylation is 1. The Labute approximate surface area is 99.8 Å². The summed E-state index contributed by atoms with van der Waals surface area (Å²) in [5, 5.41) is 1.93. The summed E-state index contributed by atoms with van der Waals surface area (Å²) in [4.78, 5) is 12.9. The van der Waals surface area contributed by atoms with Gasteiger partial charge in [0.25, 0.3) is 0 Å². The van der Waals surface area contributed by atoms with Crippen molar-refractivity contribution in [2.45, 2.75) is 19.8 Å². The lowest BCUT2D eigenvalue weighted by atomic mass is 10.0. The van der Waals surface area contributed by atoms with Crippen LogP contribution in [-0.4, -0.2) is 5.78 Å². The molecule has 0 aliphatic rings. The molecule has 0 amide bonds. The fraction of sp³-hybridized carbons (Fsp3) is 0.214. The van der Waals surface area contributed by atoms with Crippen LogP contribution in [0.15, 0.2) is 41.8 Å². The van der Waals surface area contributed by atoms with Crippen molar-refractivity contribution in [3.05, 3.63) is 57.8 Å². The molecule has 0 spiro atoms. The van der Waals surface area contributed by atoms with Crippen LogP contribution in [0.4, 0.5) is 0 Å². The third-order valence-corrected chi connectivity index (χ3v) is 3.34. The zero-order valence-corrected chi connectivity index (χ0v) is 10.1.